The van der Waals surface area contributed by atoms with Crippen molar-refractivity contribution in [2.75, 3.05) is 18.5 Å². The van der Waals surface area contributed by atoms with E-state index in [2.05, 4.69) is 10.6 Å². The van der Waals surface area contributed by atoms with Crippen LogP contribution in [0.4, 0.5) is 5.69 Å². The second-order valence-electron chi connectivity index (χ2n) is 6.42. The Labute approximate surface area is 174 Å². The Kier molecular flexibility index (Phi) is 8.03. The fourth-order valence-electron chi connectivity index (χ4n) is 2.29. The summed E-state index contributed by atoms with van der Waals surface area (Å²) in [6, 6.07) is 12.3. The van der Waals surface area contributed by atoms with E-state index in [4.69, 9.17) is 21.1 Å². The molecule has 0 fully saturated rings. The second kappa shape index (κ2) is 10.5. The molecule has 0 bridgehead atoms. The van der Waals surface area contributed by atoms with E-state index in [1.54, 1.807) is 37.3 Å². The lowest BCUT2D eigenvalue weighted by molar-refractivity contribution is -0.154. The molecule has 8 heteroatoms. The van der Waals surface area contributed by atoms with Gasteiger partial charge in [-0.2, -0.15) is 0 Å². The lowest BCUT2D eigenvalue weighted by Gasteiger charge is -2.14. The number of nitrogens with one attached hydrogen (secondary N) is 2. The van der Waals surface area contributed by atoms with Gasteiger partial charge in [0.1, 0.15) is 5.75 Å². The third-order valence-corrected chi connectivity index (χ3v) is 4.41. The quantitative estimate of drug-likeness (QED) is 0.643. The number of ether oxygens (including phenoxy) is 2. The highest BCUT2D eigenvalue weighted by molar-refractivity contribution is 6.31. The minimum atomic E-state index is -0.875. The largest absolute Gasteiger partial charge is 0.479 e. The molecule has 154 valence electrons. The smallest absolute Gasteiger partial charge is 0.347 e. The van der Waals surface area contributed by atoms with Crippen molar-refractivity contribution in [2.45, 2.75) is 26.9 Å². The maximum absolute atomic E-state index is 12.0. The monoisotopic (exact) mass is 418 g/mol. The first-order chi connectivity index (χ1) is 13.8. The molecule has 7 nitrogen and oxygen atoms in total. The van der Waals surface area contributed by atoms with E-state index in [-0.39, 0.29) is 6.54 Å². The molecule has 0 aliphatic rings. The van der Waals surface area contributed by atoms with Crippen LogP contribution in [0.3, 0.4) is 0 Å². The number of anilines is 1. The molecule has 0 aromatic heterocycles. The van der Waals surface area contributed by atoms with E-state index >= 15 is 0 Å². The average molecular weight is 419 g/mol. The Bertz CT molecular complexity index is 883. The molecule has 2 aromatic rings. The van der Waals surface area contributed by atoms with Crippen LogP contribution in [-0.4, -0.2) is 37.0 Å². The zero-order valence-corrected chi connectivity index (χ0v) is 17.2. The molecule has 0 radical (unpaired) electrons. The number of hydrogen-bond donors (Lipinski definition) is 2. The molecule has 2 N–H and O–H groups in total. The van der Waals surface area contributed by atoms with Crippen molar-refractivity contribution in [3.8, 4) is 5.75 Å². The van der Waals surface area contributed by atoms with E-state index in [0.29, 0.717) is 16.5 Å². The van der Waals surface area contributed by atoms with E-state index in [0.717, 1.165) is 11.1 Å². The van der Waals surface area contributed by atoms with Crippen LogP contribution in [0.15, 0.2) is 42.5 Å². The van der Waals surface area contributed by atoms with Gasteiger partial charge in [-0.25, -0.2) is 4.79 Å². The van der Waals surface area contributed by atoms with Crippen LogP contribution < -0.4 is 15.4 Å². The Hall–Kier alpha value is -3.06. The normalized spacial score (nSPS) is 11.3. The molecule has 0 saturated heterocycles. The molecule has 0 saturated carbocycles. The highest BCUT2D eigenvalue weighted by atomic mass is 35.5. The van der Waals surface area contributed by atoms with Gasteiger partial charge >= 0.3 is 5.97 Å². The number of halogens is 1. The number of rotatable bonds is 8. The van der Waals surface area contributed by atoms with Crippen molar-refractivity contribution >= 4 is 35.1 Å². The molecule has 0 spiro atoms. The Balaban J connectivity index is 1.71. The lowest BCUT2D eigenvalue weighted by atomic mass is 10.2. The van der Waals surface area contributed by atoms with Crippen molar-refractivity contribution in [1.29, 1.82) is 0 Å². The van der Waals surface area contributed by atoms with E-state index in [1.165, 1.54) is 6.92 Å². The first-order valence-electron chi connectivity index (χ1n) is 8.98. The lowest BCUT2D eigenvalue weighted by Crippen LogP contribution is -2.37. The Morgan fingerprint density at radius 2 is 1.72 bits per heavy atom. The number of esters is 1. The number of carbonyl (C=O) groups excluding carboxylic acids is 3. The zero-order valence-electron chi connectivity index (χ0n) is 16.5. The fourth-order valence-corrected chi connectivity index (χ4v) is 2.46. The van der Waals surface area contributed by atoms with Gasteiger partial charge in [-0.1, -0.05) is 35.4 Å². The highest BCUT2D eigenvalue weighted by Gasteiger charge is 2.18. The molecule has 1 atom stereocenters. The molecule has 2 rings (SSSR count). The van der Waals surface area contributed by atoms with E-state index < -0.39 is 30.5 Å². The van der Waals surface area contributed by atoms with Gasteiger partial charge in [-0.3, -0.25) is 9.59 Å². The summed E-state index contributed by atoms with van der Waals surface area (Å²) in [5.74, 6) is -1.18. The van der Waals surface area contributed by atoms with E-state index in [1.807, 2.05) is 19.1 Å². The molecule has 1 unspecified atom stereocenters. The molecule has 29 heavy (non-hydrogen) atoms. The number of amides is 2. The summed E-state index contributed by atoms with van der Waals surface area (Å²) >= 11 is 6.00. The second-order valence-corrected chi connectivity index (χ2v) is 6.83. The van der Waals surface area contributed by atoms with Crippen molar-refractivity contribution in [3.63, 3.8) is 0 Å². The van der Waals surface area contributed by atoms with Gasteiger partial charge in [-0.05, 0) is 50.6 Å². The van der Waals surface area contributed by atoms with Crippen LogP contribution in [0.1, 0.15) is 18.1 Å². The molecule has 0 aliphatic carbocycles. The van der Waals surface area contributed by atoms with Crippen molar-refractivity contribution in [2.24, 2.45) is 0 Å². The van der Waals surface area contributed by atoms with Gasteiger partial charge in [-0.15, -0.1) is 0 Å². The topological polar surface area (TPSA) is 93.7 Å². The van der Waals surface area contributed by atoms with Gasteiger partial charge in [0, 0.05) is 10.7 Å². The predicted molar refractivity (Wildman–Crippen MR) is 110 cm³/mol. The number of hydrogen-bond acceptors (Lipinski definition) is 5. The van der Waals surface area contributed by atoms with Gasteiger partial charge < -0.3 is 20.1 Å². The first-order valence-corrected chi connectivity index (χ1v) is 9.35. The third kappa shape index (κ3) is 7.12. The highest BCUT2D eigenvalue weighted by Crippen LogP contribution is 2.22. The SMILES string of the molecule is Cc1ccc(OC(C)C(=O)OCC(=O)NCC(=O)Nc2cccc(Cl)c2C)cc1. The number of benzene rings is 2. The first kappa shape index (κ1) is 22.2. The summed E-state index contributed by atoms with van der Waals surface area (Å²) in [5, 5.41) is 5.57. The molecule has 0 aliphatic heterocycles. The van der Waals surface area contributed by atoms with Crippen LogP contribution >= 0.6 is 11.6 Å². The molecular formula is C21H23ClN2O5. The summed E-state index contributed by atoms with van der Waals surface area (Å²) in [7, 11) is 0. The molecule has 0 heterocycles. The van der Waals surface area contributed by atoms with Crippen LogP contribution in [-0.2, 0) is 19.1 Å². The van der Waals surface area contributed by atoms with E-state index in [9.17, 15) is 14.4 Å². The maximum Gasteiger partial charge on any atom is 0.347 e. The van der Waals surface area contributed by atoms with Crippen LogP contribution in [0.25, 0.3) is 0 Å². The van der Waals surface area contributed by atoms with Crippen molar-refractivity contribution in [1.82, 2.24) is 5.32 Å². The standard InChI is InChI=1S/C21H23ClN2O5/c1-13-7-9-16(10-8-13)29-15(3)21(27)28-12-20(26)23-11-19(25)24-18-6-4-5-17(22)14(18)2/h4-10,15H,11-12H2,1-3H3,(H,23,26)(H,24,25). The maximum atomic E-state index is 12.0. The molecule has 2 amide bonds. The Morgan fingerprint density at radius 1 is 1.03 bits per heavy atom. The van der Waals surface area contributed by atoms with Crippen LogP contribution in [0, 0.1) is 13.8 Å². The predicted octanol–water partition coefficient (Wildman–Crippen LogP) is 3.02. The summed E-state index contributed by atoms with van der Waals surface area (Å²) in [4.78, 5) is 35.7. The summed E-state index contributed by atoms with van der Waals surface area (Å²) in [6.07, 6.45) is -0.875. The molecular weight excluding hydrogens is 396 g/mol. The van der Waals surface area contributed by atoms with Crippen LogP contribution in [0.5, 0.6) is 5.75 Å². The third-order valence-electron chi connectivity index (χ3n) is 4.00. The minimum absolute atomic E-state index is 0.266. The Morgan fingerprint density at radius 3 is 2.41 bits per heavy atom. The fraction of sp³-hybridized carbons (Fsp3) is 0.286. The van der Waals surface area contributed by atoms with Gasteiger partial charge in [0.25, 0.3) is 5.91 Å². The minimum Gasteiger partial charge on any atom is -0.479 e. The molecule has 2 aromatic carbocycles. The number of aryl methyl sites for hydroxylation is 1. The summed E-state index contributed by atoms with van der Waals surface area (Å²) in [5.41, 5.74) is 2.36. The number of carbonyl (C=O) groups is 3. The van der Waals surface area contributed by atoms with Gasteiger partial charge in [0.15, 0.2) is 12.7 Å². The average Bonchev–Trinajstić information content (AvgIpc) is 2.69. The van der Waals surface area contributed by atoms with Crippen molar-refractivity contribution < 1.29 is 23.9 Å². The van der Waals surface area contributed by atoms with Gasteiger partial charge in [0.2, 0.25) is 5.91 Å². The zero-order chi connectivity index (χ0) is 21.4. The van der Waals surface area contributed by atoms with Crippen molar-refractivity contribution in [3.05, 3.63) is 58.6 Å². The summed E-state index contributed by atoms with van der Waals surface area (Å²) < 4.78 is 10.4. The van der Waals surface area contributed by atoms with Gasteiger partial charge in [0.05, 0.1) is 6.54 Å². The van der Waals surface area contributed by atoms with Crippen LogP contribution in [0.2, 0.25) is 5.02 Å². The summed E-state index contributed by atoms with van der Waals surface area (Å²) in [6.45, 7) is 4.47.